The molecule has 1 atom stereocenters. The summed E-state index contributed by atoms with van der Waals surface area (Å²) in [5.74, 6) is 0.212. The van der Waals surface area contributed by atoms with Crippen LogP contribution in [0, 0.1) is 0 Å². The molecule has 7 heteroatoms. The van der Waals surface area contributed by atoms with Gasteiger partial charge in [0.15, 0.2) is 0 Å². The molecule has 0 bridgehead atoms. The van der Waals surface area contributed by atoms with Gasteiger partial charge in [0.2, 0.25) is 11.8 Å². The number of thioether (sulfide) groups is 1. The Hall–Kier alpha value is -2.80. The monoisotopic (exact) mass is 369 g/mol. The first-order chi connectivity index (χ1) is 12.7. The topological polar surface area (TPSA) is 79.8 Å². The highest BCUT2D eigenvalue weighted by atomic mass is 32.2. The summed E-state index contributed by atoms with van der Waals surface area (Å²) in [7, 11) is 0. The first-order valence-electron chi connectivity index (χ1n) is 8.27. The van der Waals surface area contributed by atoms with Crippen LogP contribution in [-0.2, 0) is 9.59 Å². The summed E-state index contributed by atoms with van der Waals surface area (Å²) in [5.41, 5.74) is 4.03. The van der Waals surface area contributed by atoms with Crippen molar-refractivity contribution >= 4 is 35.5 Å². The van der Waals surface area contributed by atoms with Crippen LogP contribution in [0.2, 0.25) is 0 Å². The van der Waals surface area contributed by atoms with Crippen molar-refractivity contribution in [2.45, 2.75) is 23.5 Å². The molecule has 0 radical (unpaired) electrons. The van der Waals surface area contributed by atoms with Crippen molar-refractivity contribution in [3.63, 3.8) is 0 Å². The molecule has 6 nitrogen and oxygen atoms in total. The van der Waals surface area contributed by atoms with E-state index in [1.165, 1.54) is 18.0 Å². The van der Waals surface area contributed by atoms with Crippen molar-refractivity contribution in [2.24, 2.45) is 5.10 Å². The lowest BCUT2D eigenvalue weighted by molar-refractivity contribution is -0.124. The summed E-state index contributed by atoms with van der Waals surface area (Å²) in [6.07, 6.45) is 1.58. The van der Waals surface area contributed by atoms with E-state index in [1.807, 2.05) is 55.5 Å². The molecule has 2 aromatic rings. The highest BCUT2D eigenvalue weighted by molar-refractivity contribution is 8.01. The lowest BCUT2D eigenvalue weighted by Crippen LogP contribution is -2.33. The largest absolute Gasteiger partial charge is 0.493 e. The quantitative estimate of drug-likeness (QED) is 0.606. The third kappa shape index (κ3) is 4.43. The number of carbonyl (C=O) groups excluding carboxylic acids is 2. The number of amides is 2. The third-order valence-electron chi connectivity index (χ3n) is 3.69. The van der Waals surface area contributed by atoms with Gasteiger partial charge in [-0.25, -0.2) is 5.43 Å². The Bertz CT molecular complexity index is 838. The molecule has 0 spiro atoms. The second-order valence-electron chi connectivity index (χ2n) is 5.56. The molecule has 0 saturated carbocycles. The minimum Gasteiger partial charge on any atom is -0.493 e. The molecule has 134 valence electrons. The van der Waals surface area contributed by atoms with Gasteiger partial charge in [-0.3, -0.25) is 9.59 Å². The lowest BCUT2D eigenvalue weighted by Gasteiger charge is -2.23. The number of fused-ring (bicyclic) bond motifs is 1. The molecule has 2 aromatic carbocycles. The molecule has 2 N–H and O–H groups in total. The Morgan fingerprint density at radius 2 is 2.04 bits per heavy atom. The van der Waals surface area contributed by atoms with Crippen LogP contribution < -0.4 is 15.5 Å². The fourth-order valence-corrected chi connectivity index (χ4v) is 3.60. The number of hydrogen-bond acceptors (Lipinski definition) is 5. The van der Waals surface area contributed by atoms with E-state index >= 15 is 0 Å². The molecule has 26 heavy (non-hydrogen) atoms. The number of ether oxygens (including phenoxy) is 1. The van der Waals surface area contributed by atoms with Crippen LogP contribution in [0.5, 0.6) is 5.75 Å². The van der Waals surface area contributed by atoms with Crippen LogP contribution in [0.3, 0.4) is 0 Å². The van der Waals surface area contributed by atoms with E-state index in [-0.39, 0.29) is 18.2 Å². The summed E-state index contributed by atoms with van der Waals surface area (Å²) in [6, 6.07) is 15.0. The zero-order valence-electron chi connectivity index (χ0n) is 14.3. The maximum atomic E-state index is 12.1. The van der Waals surface area contributed by atoms with Gasteiger partial charge in [0, 0.05) is 16.9 Å². The molecule has 1 heterocycles. The number of benzene rings is 2. The fraction of sp³-hybridized carbons (Fsp3) is 0.211. The predicted octanol–water partition coefficient (Wildman–Crippen LogP) is 3.04. The Morgan fingerprint density at radius 3 is 2.88 bits per heavy atom. The number of para-hydroxylation sites is 2. The molecular formula is C19H19N3O3S. The number of nitrogens with zero attached hydrogens (tertiary/aromatic N) is 1. The lowest BCUT2D eigenvalue weighted by atomic mass is 10.2. The number of hydrazone groups is 1. The van der Waals surface area contributed by atoms with Crippen molar-refractivity contribution < 1.29 is 14.3 Å². The van der Waals surface area contributed by atoms with Crippen LogP contribution in [0.4, 0.5) is 5.69 Å². The van der Waals surface area contributed by atoms with Crippen LogP contribution in [-0.4, -0.2) is 29.9 Å². The van der Waals surface area contributed by atoms with Gasteiger partial charge in [-0.05, 0) is 31.2 Å². The van der Waals surface area contributed by atoms with E-state index in [0.29, 0.717) is 12.4 Å². The Labute approximate surface area is 156 Å². The van der Waals surface area contributed by atoms with Crippen LogP contribution in [0.15, 0.2) is 58.5 Å². The Kier molecular flexibility index (Phi) is 5.91. The van der Waals surface area contributed by atoms with Gasteiger partial charge >= 0.3 is 0 Å². The standard InChI is InChI=1S/C19H19N3O3S/c1-2-25-15-9-5-3-7-13(15)12-20-22-18(23)11-17-19(24)21-14-8-4-6-10-16(14)26-17/h3-10,12,17H,2,11H2,1H3,(H,21,24)(H,22,23)/b20-12-/t17-/m1/s1. The van der Waals surface area contributed by atoms with Gasteiger partial charge in [-0.1, -0.05) is 24.3 Å². The smallest absolute Gasteiger partial charge is 0.241 e. The van der Waals surface area contributed by atoms with Gasteiger partial charge in [0.05, 0.1) is 23.8 Å². The molecule has 0 saturated heterocycles. The number of rotatable bonds is 6. The highest BCUT2D eigenvalue weighted by Crippen LogP contribution is 2.36. The SMILES string of the molecule is CCOc1ccccc1/C=N\NC(=O)C[C@H]1Sc2ccccc2NC1=O. The maximum absolute atomic E-state index is 12.1. The Balaban J connectivity index is 1.57. The second kappa shape index (κ2) is 8.53. The Morgan fingerprint density at radius 1 is 1.27 bits per heavy atom. The average molecular weight is 369 g/mol. The van der Waals surface area contributed by atoms with E-state index in [2.05, 4.69) is 15.8 Å². The normalized spacial score (nSPS) is 16.0. The second-order valence-corrected chi connectivity index (χ2v) is 6.80. The van der Waals surface area contributed by atoms with E-state index in [0.717, 1.165) is 16.1 Å². The summed E-state index contributed by atoms with van der Waals surface area (Å²) < 4.78 is 5.50. The van der Waals surface area contributed by atoms with E-state index in [1.54, 1.807) is 0 Å². The van der Waals surface area contributed by atoms with Crippen molar-refractivity contribution in [1.82, 2.24) is 5.43 Å². The van der Waals surface area contributed by atoms with Crippen molar-refractivity contribution in [1.29, 1.82) is 0 Å². The summed E-state index contributed by atoms with van der Waals surface area (Å²) >= 11 is 1.39. The minimum absolute atomic E-state index is 0.0509. The van der Waals surface area contributed by atoms with Crippen molar-refractivity contribution in [2.75, 3.05) is 11.9 Å². The number of carbonyl (C=O) groups is 2. The fourth-order valence-electron chi connectivity index (χ4n) is 2.49. The van der Waals surface area contributed by atoms with Crippen LogP contribution in [0.1, 0.15) is 18.9 Å². The van der Waals surface area contributed by atoms with Crippen molar-refractivity contribution in [3.8, 4) is 5.75 Å². The number of anilines is 1. The minimum atomic E-state index is -0.476. The van der Waals surface area contributed by atoms with Crippen LogP contribution >= 0.6 is 11.8 Å². The summed E-state index contributed by atoms with van der Waals surface area (Å²) in [4.78, 5) is 25.2. The molecule has 0 aliphatic carbocycles. The first kappa shape index (κ1) is 18.0. The molecule has 3 rings (SSSR count). The molecule has 0 fully saturated rings. The third-order valence-corrected chi connectivity index (χ3v) is 4.96. The van der Waals surface area contributed by atoms with E-state index < -0.39 is 5.25 Å². The average Bonchev–Trinajstić information content (AvgIpc) is 2.64. The molecule has 1 aliphatic heterocycles. The molecule has 0 aromatic heterocycles. The summed E-state index contributed by atoms with van der Waals surface area (Å²) in [6.45, 7) is 2.45. The summed E-state index contributed by atoms with van der Waals surface area (Å²) in [5, 5.41) is 6.32. The number of nitrogens with one attached hydrogen (secondary N) is 2. The molecule has 2 amide bonds. The van der Waals surface area contributed by atoms with Crippen LogP contribution in [0.25, 0.3) is 0 Å². The zero-order valence-corrected chi connectivity index (χ0v) is 15.1. The first-order valence-corrected chi connectivity index (χ1v) is 9.15. The van der Waals surface area contributed by atoms with Crippen molar-refractivity contribution in [3.05, 3.63) is 54.1 Å². The van der Waals surface area contributed by atoms with Gasteiger partial charge in [0.1, 0.15) is 5.75 Å². The molecular weight excluding hydrogens is 350 g/mol. The maximum Gasteiger partial charge on any atom is 0.241 e. The van der Waals surface area contributed by atoms with Gasteiger partial charge < -0.3 is 10.1 Å². The highest BCUT2D eigenvalue weighted by Gasteiger charge is 2.28. The van der Waals surface area contributed by atoms with Gasteiger partial charge in [-0.15, -0.1) is 11.8 Å². The van der Waals surface area contributed by atoms with E-state index in [9.17, 15) is 9.59 Å². The zero-order chi connectivity index (χ0) is 18.4. The molecule has 1 aliphatic rings. The van der Waals surface area contributed by atoms with Gasteiger partial charge in [-0.2, -0.15) is 5.10 Å². The molecule has 0 unspecified atom stereocenters. The predicted molar refractivity (Wildman–Crippen MR) is 103 cm³/mol. The van der Waals surface area contributed by atoms with E-state index in [4.69, 9.17) is 4.74 Å². The van der Waals surface area contributed by atoms with Gasteiger partial charge in [0.25, 0.3) is 0 Å². The number of hydrogen-bond donors (Lipinski definition) is 2.